The second-order valence-electron chi connectivity index (χ2n) is 7.12. The summed E-state index contributed by atoms with van der Waals surface area (Å²) in [4.78, 5) is 14.2. The Morgan fingerprint density at radius 1 is 1.10 bits per heavy atom. The van der Waals surface area contributed by atoms with E-state index in [2.05, 4.69) is 32.7 Å². The highest BCUT2D eigenvalue weighted by atomic mass is 16.5. The first-order valence-electron chi connectivity index (χ1n) is 10.2. The van der Waals surface area contributed by atoms with Gasteiger partial charge in [-0.15, -0.1) is 15.3 Å². The van der Waals surface area contributed by atoms with Crippen LogP contribution in [0.1, 0.15) is 17.8 Å². The number of rotatable bonds is 8. The molecule has 0 atom stereocenters. The Morgan fingerprint density at radius 2 is 1.90 bits per heavy atom. The zero-order chi connectivity index (χ0) is 20.8. The van der Waals surface area contributed by atoms with Crippen LogP contribution in [0.3, 0.4) is 0 Å². The van der Waals surface area contributed by atoms with Gasteiger partial charge in [0, 0.05) is 32.5 Å². The fourth-order valence-corrected chi connectivity index (χ4v) is 3.40. The number of ether oxygens (including phenoxy) is 2. The molecule has 0 saturated carbocycles. The standard InChI is InChI=1S/C21H26N6O3/c1-29-17-4-2-16(3-5-17)10-11-22-18-6-7-19-23-24-20(27(19)25-18)8-9-21(28)26-12-14-30-15-13-26/h2-7H,8-15H2,1H3,(H,22,25). The molecule has 1 aromatic carbocycles. The van der Waals surface area contributed by atoms with E-state index >= 15 is 0 Å². The van der Waals surface area contributed by atoms with Gasteiger partial charge in [-0.2, -0.15) is 4.52 Å². The molecule has 9 heteroatoms. The molecule has 0 aliphatic carbocycles. The number of benzene rings is 1. The van der Waals surface area contributed by atoms with Crippen LogP contribution in [0.5, 0.6) is 5.75 Å². The van der Waals surface area contributed by atoms with E-state index in [1.54, 1.807) is 11.6 Å². The highest BCUT2D eigenvalue weighted by molar-refractivity contribution is 5.76. The summed E-state index contributed by atoms with van der Waals surface area (Å²) in [7, 11) is 1.66. The van der Waals surface area contributed by atoms with Crippen molar-refractivity contribution in [3.05, 3.63) is 47.8 Å². The molecule has 0 unspecified atom stereocenters. The van der Waals surface area contributed by atoms with Crippen LogP contribution in [0.4, 0.5) is 5.82 Å². The second-order valence-corrected chi connectivity index (χ2v) is 7.12. The molecule has 2 aromatic heterocycles. The number of amides is 1. The molecule has 1 saturated heterocycles. The van der Waals surface area contributed by atoms with Gasteiger partial charge in [0.15, 0.2) is 11.5 Å². The molecule has 1 aliphatic rings. The highest BCUT2D eigenvalue weighted by Crippen LogP contribution is 2.13. The van der Waals surface area contributed by atoms with Crippen molar-refractivity contribution in [3.8, 4) is 5.75 Å². The number of carbonyl (C=O) groups excluding carboxylic acids is 1. The van der Waals surface area contributed by atoms with Crippen molar-refractivity contribution in [3.63, 3.8) is 0 Å². The summed E-state index contributed by atoms with van der Waals surface area (Å²) in [5.41, 5.74) is 1.89. The number of aryl methyl sites for hydroxylation is 1. The zero-order valence-corrected chi connectivity index (χ0v) is 17.1. The van der Waals surface area contributed by atoms with Crippen LogP contribution in [-0.2, 0) is 22.4 Å². The average molecular weight is 410 g/mol. The number of fused-ring (bicyclic) bond motifs is 1. The molecule has 0 bridgehead atoms. The Hall–Kier alpha value is -3.20. The molecular weight excluding hydrogens is 384 g/mol. The number of morpholine rings is 1. The van der Waals surface area contributed by atoms with E-state index in [4.69, 9.17) is 9.47 Å². The van der Waals surface area contributed by atoms with Crippen molar-refractivity contribution in [1.29, 1.82) is 0 Å². The van der Waals surface area contributed by atoms with Gasteiger partial charge >= 0.3 is 0 Å². The first-order valence-corrected chi connectivity index (χ1v) is 10.2. The van der Waals surface area contributed by atoms with E-state index in [0.717, 1.165) is 24.5 Å². The molecule has 0 radical (unpaired) electrons. The maximum Gasteiger partial charge on any atom is 0.223 e. The molecule has 1 amide bonds. The monoisotopic (exact) mass is 410 g/mol. The predicted molar refractivity (Wildman–Crippen MR) is 112 cm³/mol. The summed E-state index contributed by atoms with van der Waals surface area (Å²) < 4.78 is 12.2. The molecule has 0 spiro atoms. The quantitative estimate of drug-likeness (QED) is 0.603. The first-order chi connectivity index (χ1) is 14.7. The van der Waals surface area contributed by atoms with Crippen molar-refractivity contribution >= 4 is 17.4 Å². The predicted octanol–water partition coefficient (Wildman–Crippen LogP) is 1.58. The van der Waals surface area contributed by atoms with Crippen LogP contribution in [0.2, 0.25) is 0 Å². The van der Waals surface area contributed by atoms with Crippen LogP contribution in [0, 0.1) is 0 Å². The Kier molecular flexibility index (Phi) is 6.38. The molecule has 3 aromatic rings. The van der Waals surface area contributed by atoms with Gasteiger partial charge in [0.25, 0.3) is 0 Å². The van der Waals surface area contributed by atoms with Gasteiger partial charge in [-0.05, 0) is 36.2 Å². The topological polar surface area (TPSA) is 93.9 Å². The van der Waals surface area contributed by atoms with Gasteiger partial charge in [-0.1, -0.05) is 12.1 Å². The van der Waals surface area contributed by atoms with E-state index in [1.807, 2.05) is 29.2 Å². The van der Waals surface area contributed by atoms with Crippen molar-refractivity contribution in [1.82, 2.24) is 24.7 Å². The summed E-state index contributed by atoms with van der Waals surface area (Å²) in [5.74, 6) is 2.40. The molecule has 9 nitrogen and oxygen atoms in total. The van der Waals surface area contributed by atoms with Crippen LogP contribution < -0.4 is 10.1 Å². The summed E-state index contributed by atoms with van der Waals surface area (Å²) in [5, 5.41) is 16.3. The van der Waals surface area contributed by atoms with Crippen molar-refractivity contribution in [2.45, 2.75) is 19.3 Å². The van der Waals surface area contributed by atoms with Crippen molar-refractivity contribution in [2.24, 2.45) is 0 Å². The minimum Gasteiger partial charge on any atom is -0.497 e. The Bertz CT molecular complexity index is 982. The van der Waals surface area contributed by atoms with E-state index in [1.165, 1.54) is 5.56 Å². The highest BCUT2D eigenvalue weighted by Gasteiger charge is 2.18. The zero-order valence-electron chi connectivity index (χ0n) is 17.1. The molecule has 1 fully saturated rings. The van der Waals surface area contributed by atoms with Gasteiger partial charge in [0.2, 0.25) is 5.91 Å². The third-order valence-corrected chi connectivity index (χ3v) is 5.13. The summed E-state index contributed by atoms with van der Waals surface area (Å²) >= 11 is 0. The van der Waals surface area contributed by atoms with E-state index in [0.29, 0.717) is 50.6 Å². The first kappa shape index (κ1) is 20.1. The number of nitrogens with zero attached hydrogens (tertiary/aromatic N) is 5. The number of aromatic nitrogens is 4. The summed E-state index contributed by atoms with van der Waals surface area (Å²) in [6.07, 6.45) is 1.75. The third kappa shape index (κ3) is 4.85. The summed E-state index contributed by atoms with van der Waals surface area (Å²) in [6, 6.07) is 11.8. The fourth-order valence-electron chi connectivity index (χ4n) is 3.40. The third-order valence-electron chi connectivity index (χ3n) is 5.13. The van der Waals surface area contributed by atoms with Crippen LogP contribution in [0.15, 0.2) is 36.4 Å². The van der Waals surface area contributed by atoms with E-state index < -0.39 is 0 Å². The normalized spacial score (nSPS) is 14.1. The minimum absolute atomic E-state index is 0.115. The lowest BCUT2D eigenvalue weighted by Gasteiger charge is -2.26. The SMILES string of the molecule is COc1ccc(CCNc2ccc3nnc(CCC(=O)N4CCOCC4)n3n2)cc1. The molecular formula is C21H26N6O3. The molecule has 30 heavy (non-hydrogen) atoms. The number of hydrogen-bond donors (Lipinski definition) is 1. The summed E-state index contributed by atoms with van der Waals surface area (Å²) in [6.45, 7) is 3.26. The molecule has 4 rings (SSSR count). The number of hydrogen-bond acceptors (Lipinski definition) is 7. The Labute approximate surface area is 175 Å². The van der Waals surface area contributed by atoms with Crippen LogP contribution in [-0.4, -0.2) is 70.6 Å². The van der Waals surface area contributed by atoms with Gasteiger partial charge in [-0.25, -0.2) is 0 Å². The smallest absolute Gasteiger partial charge is 0.223 e. The van der Waals surface area contributed by atoms with Crippen LogP contribution >= 0.6 is 0 Å². The number of carbonyl (C=O) groups is 1. The van der Waals surface area contributed by atoms with Crippen molar-refractivity contribution < 1.29 is 14.3 Å². The van der Waals surface area contributed by atoms with Crippen LogP contribution in [0.25, 0.3) is 5.65 Å². The molecule has 1 aliphatic heterocycles. The van der Waals surface area contributed by atoms with E-state index in [9.17, 15) is 4.79 Å². The van der Waals surface area contributed by atoms with E-state index in [-0.39, 0.29) is 5.91 Å². The Balaban J connectivity index is 1.34. The Morgan fingerprint density at radius 3 is 2.67 bits per heavy atom. The maximum atomic E-state index is 12.4. The van der Waals surface area contributed by atoms with Gasteiger partial charge in [0.1, 0.15) is 11.6 Å². The number of anilines is 1. The van der Waals surface area contributed by atoms with Gasteiger partial charge < -0.3 is 19.7 Å². The number of methoxy groups -OCH3 is 1. The molecule has 158 valence electrons. The minimum atomic E-state index is 0.115. The van der Waals surface area contributed by atoms with Gasteiger partial charge in [-0.3, -0.25) is 4.79 Å². The van der Waals surface area contributed by atoms with Crippen molar-refractivity contribution in [2.75, 3.05) is 45.3 Å². The molecule has 1 N–H and O–H groups in total. The number of nitrogens with one attached hydrogen (secondary N) is 1. The van der Waals surface area contributed by atoms with Gasteiger partial charge in [0.05, 0.1) is 20.3 Å². The fraction of sp³-hybridized carbons (Fsp3) is 0.429. The lowest BCUT2D eigenvalue weighted by atomic mass is 10.1. The largest absolute Gasteiger partial charge is 0.497 e. The lowest BCUT2D eigenvalue weighted by molar-refractivity contribution is -0.135. The maximum absolute atomic E-state index is 12.4. The second kappa shape index (κ2) is 9.53. The lowest BCUT2D eigenvalue weighted by Crippen LogP contribution is -2.40. The average Bonchev–Trinajstić information content (AvgIpc) is 3.21. The molecule has 3 heterocycles.